The number of phenols is 2. The molecule has 4 aliphatic rings. The maximum Gasteiger partial charge on any atom is 0.202 e. The van der Waals surface area contributed by atoms with Crippen molar-refractivity contribution in [1.29, 1.82) is 0 Å². The molecular formula is C32H37NO12. The van der Waals surface area contributed by atoms with Gasteiger partial charge in [0.15, 0.2) is 24.1 Å². The van der Waals surface area contributed by atoms with Crippen molar-refractivity contribution in [2.24, 2.45) is 5.73 Å². The average molecular weight is 628 g/mol. The Morgan fingerprint density at radius 1 is 1.07 bits per heavy atom. The number of methoxy groups -OCH3 is 1. The van der Waals surface area contributed by atoms with Gasteiger partial charge in [0.05, 0.1) is 36.0 Å². The average Bonchev–Trinajstić information content (AvgIpc) is 3.02. The smallest absolute Gasteiger partial charge is 0.202 e. The number of ketones is 3. The van der Waals surface area contributed by atoms with E-state index in [1.54, 1.807) is 6.92 Å². The number of carbonyl (C=O) groups is 3. The molecule has 45 heavy (non-hydrogen) atoms. The number of rotatable bonds is 7. The lowest BCUT2D eigenvalue weighted by Crippen LogP contribution is -2.55. The Kier molecular flexibility index (Phi) is 8.46. The second kappa shape index (κ2) is 12.1. The van der Waals surface area contributed by atoms with E-state index in [0.717, 1.165) is 19.3 Å². The summed E-state index contributed by atoms with van der Waals surface area (Å²) in [5, 5.41) is 44.2. The van der Waals surface area contributed by atoms with Crippen LogP contribution in [-0.4, -0.2) is 94.5 Å². The zero-order valence-electron chi connectivity index (χ0n) is 25.0. The number of aliphatic hydroxyl groups excluding tert-OH is 1. The Morgan fingerprint density at radius 3 is 2.49 bits per heavy atom. The Labute approximate surface area is 258 Å². The zero-order chi connectivity index (χ0) is 32.2. The van der Waals surface area contributed by atoms with Gasteiger partial charge in [-0.05, 0) is 32.3 Å². The molecule has 0 amide bonds. The maximum absolute atomic E-state index is 13.8. The molecule has 7 atom stereocenters. The lowest BCUT2D eigenvalue weighted by atomic mass is 9.72. The number of ether oxygens (including phenoxy) is 5. The molecule has 0 aromatic heterocycles. The van der Waals surface area contributed by atoms with Gasteiger partial charge in [-0.25, -0.2) is 0 Å². The second-order valence-corrected chi connectivity index (χ2v) is 12.1. The molecular weight excluding hydrogens is 590 g/mol. The van der Waals surface area contributed by atoms with Crippen LogP contribution >= 0.6 is 0 Å². The van der Waals surface area contributed by atoms with Gasteiger partial charge in [0.25, 0.3) is 0 Å². The van der Waals surface area contributed by atoms with Crippen molar-refractivity contribution in [2.75, 3.05) is 20.3 Å². The lowest BCUT2D eigenvalue weighted by Gasteiger charge is -2.43. The molecule has 6 rings (SSSR count). The number of aliphatic hydroxyl groups is 2. The molecule has 2 heterocycles. The van der Waals surface area contributed by atoms with Crippen LogP contribution in [0.25, 0.3) is 0 Å². The summed E-state index contributed by atoms with van der Waals surface area (Å²) in [5.41, 5.74) is 2.98. The zero-order valence-corrected chi connectivity index (χ0v) is 25.0. The summed E-state index contributed by atoms with van der Waals surface area (Å²) >= 11 is 0. The Bertz CT molecular complexity index is 1520. The van der Waals surface area contributed by atoms with Gasteiger partial charge in [-0.1, -0.05) is 12.1 Å². The molecule has 2 saturated heterocycles. The third kappa shape index (κ3) is 5.31. The van der Waals surface area contributed by atoms with E-state index in [-0.39, 0.29) is 34.4 Å². The molecule has 242 valence electrons. The van der Waals surface area contributed by atoms with E-state index in [2.05, 4.69) is 0 Å². The largest absolute Gasteiger partial charge is 0.507 e. The van der Waals surface area contributed by atoms with Crippen molar-refractivity contribution in [3.05, 3.63) is 51.6 Å². The molecule has 0 unspecified atom stereocenters. The van der Waals surface area contributed by atoms with Crippen LogP contribution in [-0.2, 0) is 30.2 Å². The van der Waals surface area contributed by atoms with Crippen LogP contribution in [0.1, 0.15) is 88.1 Å². The first-order valence-corrected chi connectivity index (χ1v) is 15.1. The van der Waals surface area contributed by atoms with Crippen LogP contribution in [0, 0.1) is 0 Å². The number of Topliss-reactive ketones (excluding diaryl/α,β-unsaturated/α-hetero) is 1. The fourth-order valence-corrected chi connectivity index (χ4v) is 6.95. The highest BCUT2D eigenvalue weighted by Gasteiger charge is 2.50. The molecule has 2 aromatic carbocycles. The predicted octanol–water partition coefficient (Wildman–Crippen LogP) is 1.55. The van der Waals surface area contributed by atoms with Gasteiger partial charge in [0.1, 0.15) is 35.6 Å². The van der Waals surface area contributed by atoms with Gasteiger partial charge in [-0.15, -0.1) is 0 Å². The Hall–Kier alpha value is -3.43. The van der Waals surface area contributed by atoms with Gasteiger partial charge in [0, 0.05) is 48.6 Å². The van der Waals surface area contributed by atoms with Crippen molar-refractivity contribution in [3.8, 4) is 17.2 Å². The highest BCUT2D eigenvalue weighted by atomic mass is 16.7. The summed E-state index contributed by atoms with van der Waals surface area (Å²) in [6.45, 7) is 1.35. The molecule has 2 fully saturated rings. The third-order valence-corrected chi connectivity index (χ3v) is 9.22. The summed E-state index contributed by atoms with van der Waals surface area (Å²) in [7, 11) is 1.34. The standard InChI is InChI=1S/C32H37NO12/c1-14-31(45-21-8-3-4-9-42-21)17(33)10-22(43-14)44-19-12-32(40,20(35)13-34)11-16-24(19)30(39)26-25(28(16)37)27(36)15-6-5-7-18(41-2)23(15)29(26)38/h5-7,14,17,19,21-22,31,34,37,39-40H,3-4,8-13,33H2,1-2H3/t14-,17-,19+,21-,22-,31+,32-/m1/s1. The number of carbonyl (C=O) groups excluding carboxylic acids is 3. The van der Waals surface area contributed by atoms with Crippen molar-refractivity contribution in [1.82, 2.24) is 0 Å². The number of phenolic OH excluding ortho intramolecular Hbond substituents is 2. The van der Waals surface area contributed by atoms with Crippen LogP contribution in [0.4, 0.5) is 0 Å². The van der Waals surface area contributed by atoms with Gasteiger partial charge in [-0.3, -0.25) is 14.4 Å². The first kappa shape index (κ1) is 31.5. The van der Waals surface area contributed by atoms with E-state index in [4.69, 9.17) is 29.4 Å². The SMILES string of the molecule is COc1cccc2c1C(=O)c1c(O)c3c(c(O)c1C2=O)C[C@](O)(C(=O)CO)C[C@@H]3O[C@@H]1C[C@@H](N)[C@@H](O[C@@H]2CCCCO2)[C@@H](C)O1. The van der Waals surface area contributed by atoms with Crippen molar-refractivity contribution in [3.63, 3.8) is 0 Å². The van der Waals surface area contributed by atoms with Crippen molar-refractivity contribution >= 4 is 17.3 Å². The molecule has 0 saturated carbocycles. The monoisotopic (exact) mass is 627 g/mol. The normalized spacial score (nSPS) is 31.1. The van der Waals surface area contributed by atoms with Gasteiger partial charge in [-0.2, -0.15) is 0 Å². The first-order valence-electron chi connectivity index (χ1n) is 15.1. The highest BCUT2D eigenvalue weighted by molar-refractivity contribution is 6.31. The van der Waals surface area contributed by atoms with E-state index in [1.165, 1.54) is 25.3 Å². The van der Waals surface area contributed by atoms with Crippen LogP contribution in [0.2, 0.25) is 0 Å². The number of nitrogens with two attached hydrogens (primary N) is 1. The maximum atomic E-state index is 13.8. The fourth-order valence-electron chi connectivity index (χ4n) is 6.95. The van der Waals surface area contributed by atoms with Crippen LogP contribution in [0.5, 0.6) is 17.2 Å². The Balaban J connectivity index is 1.38. The van der Waals surface area contributed by atoms with Crippen molar-refractivity contribution < 1.29 is 58.5 Å². The van der Waals surface area contributed by atoms with Crippen LogP contribution in [0.15, 0.2) is 18.2 Å². The van der Waals surface area contributed by atoms with Gasteiger partial charge >= 0.3 is 0 Å². The molecule has 13 heteroatoms. The summed E-state index contributed by atoms with van der Waals surface area (Å²) in [5.74, 6) is -3.67. The number of benzene rings is 2. The van der Waals surface area contributed by atoms with E-state index in [9.17, 15) is 34.8 Å². The molecule has 13 nitrogen and oxygen atoms in total. The molecule has 0 bridgehead atoms. The minimum Gasteiger partial charge on any atom is -0.507 e. The number of hydrogen-bond acceptors (Lipinski definition) is 13. The highest BCUT2D eigenvalue weighted by Crippen LogP contribution is 2.52. The molecule has 2 aliphatic heterocycles. The first-order chi connectivity index (χ1) is 21.5. The van der Waals surface area contributed by atoms with E-state index in [0.29, 0.717) is 6.61 Å². The van der Waals surface area contributed by atoms with Crippen molar-refractivity contribution in [2.45, 2.75) is 88.0 Å². The molecule has 2 aromatic rings. The number of aromatic hydroxyl groups is 2. The number of hydrogen-bond donors (Lipinski definition) is 5. The topological polar surface area (TPSA) is 204 Å². The molecule has 0 spiro atoms. The summed E-state index contributed by atoms with van der Waals surface area (Å²) in [6, 6.07) is 3.86. The minimum atomic E-state index is -2.24. The second-order valence-electron chi connectivity index (χ2n) is 12.1. The van der Waals surface area contributed by atoms with E-state index < -0.39 is 102 Å². The summed E-state index contributed by atoms with van der Waals surface area (Å²) in [4.78, 5) is 40.2. The van der Waals surface area contributed by atoms with E-state index in [1.807, 2.05) is 0 Å². The Morgan fingerprint density at radius 2 is 1.82 bits per heavy atom. The molecule has 0 radical (unpaired) electrons. The van der Waals surface area contributed by atoms with Crippen LogP contribution < -0.4 is 10.5 Å². The lowest BCUT2D eigenvalue weighted by molar-refractivity contribution is -0.281. The quantitative estimate of drug-likeness (QED) is 0.236. The molecule has 2 aliphatic carbocycles. The summed E-state index contributed by atoms with van der Waals surface area (Å²) in [6.07, 6.45) is -2.03. The number of fused-ring (bicyclic) bond motifs is 3. The van der Waals surface area contributed by atoms with Gasteiger partial charge < -0.3 is 49.8 Å². The predicted molar refractivity (Wildman–Crippen MR) is 154 cm³/mol. The fraction of sp³-hybridized carbons (Fsp3) is 0.531. The van der Waals surface area contributed by atoms with E-state index >= 15 is 0 Å². The summed E-state index contributed by atoms with van der Waals surface area (Å²) < 4.78 is 29.5. The minimum absolute atomic E-state index is 0.0409. The van der Waals surface area contributed by atoms with Gasteiger partial charge in [0.2, 0.25) is 5.78 Å². The third-order valence-electron chi connectivity index (χ3n) is 9.22. The van der Waals surface area contributed by atoms with Crippen LogP contribution in [0.3, 0.4) is 0 Å². The molecule has 6 N–H and O–H groups in total.